The van der Waals surface area contributed by atoms with Crippen molar-refractivity contribution < 1.29 is 5.11 Å². The van der Waals surface area contributed by atoms with Crippen LogP contribution in [0.3, 0.4) is 0 Å². The molecule has 0 aliphatic rings. The summed E-state index contributed by atoms with van der Waals surface area (Å²) < 4.78 is 2.82. The lowest BCUT2D eigenvalue weighted by Crippen LogP contribution is -2.02. The van der Waals surface area contributed by atoms with Crippen molar-refractivity contribution >= 4 is 26.8 Å². The quantitative estimate of drug-likeness (QED) is 0.870. The zero-order valence-corrected chi connectivity index (χ0v) is 8.53. The summed E-state index contributed by atoms with van der Waals surface area (Å²) in [5, 5.41) is 14.1. The van der Waals surface area contributed by atoms with E-state index >= 15 is 0 Å². The fourth-order valence-electron chi connectivity index (χ4n) is 1.32. The van der Waals surface area contributed by atoms with Crippen LogP contribution < -0.4 is 0 Å². The van der Waals surface area contributed by atoms with Crippen molar-refractivity contribution in [3.63, 3.8) is 0 Å². The van der Waals surface area contributed by atoms with Gasteiger partial charge < -0.3 is 5.11 Å². The van der Waals surface area contributed by atoms with Gasteiger partial charge in [-0.05, 0) is 12.1 Å². The van der Waals surface area contributed by atoms with E-state index in [9.17, 15) is 0 Å². The van der Waals surface area contributed by atoms with Crippen LogP contribution in [-0.4, -0.2) is 21.5 Å². The third-order valence-electron chi connectivity index (χ3n) is 1.92. The lowest BCUT2D eigenvalue weighted by atomic mass is 10.2. The number of aliphatic hydroxyl groups is 1. The number of halogens is 1. The van der Waals surface area contributed by atoms with Crippen LogP contribution in [0.2, 0.25) is 0 Å². The number of aliphatic hydroxyl groups excluding tert-OH is 1. The maximum Gasteiger partial charge on any atom is 0.0694 e. The zero-order chi connectivity index (χ0) is 9.26. The molecule has 1 aromatic carbocycles. The van der Waals surface area contributed by atoms with E-state index in [4.69, 9.17) is 5.11 Å². The van der Waals surface area contributed by atoms with Gasteiger partial charge in [-0.25, -0.2) is 0 Å². The van der Waals surface area contributed by atoms with Gasteiger partial charge in [-0.15, -0.1) is 0 Å². The van der Waals surface area contributed by atoms with Crippen molar-refractivity contribution in [3.05, 3.63) is 28.9 Å². The normalized spacial score (nSPS) is 10.9. The van der Waals surface area contributed by atoms with Gasteiger partial charge in [-0.2, -0.15) is 5.10 Å². The maximum absolute atomic E-state index is 8.79. The molecule has 0 fully saturated rings. The van der Waals surface area contributed by atoms with E-state index < -0.39 is 0 Å². The number of hydrogen-bond acceptors (Lipinski definition) is 2. The summed E-state index contributed by atoms with van der Waals surface area (Å²) in [6.45, 7) is 0.656. The van der Waals surface area contributed by atoms with Crippen LogP contribution in [0.15, 0.2) is 28.9 Å². The summed E-state index contributed by atoms with van der Waals surface area (Å²) in [5.41, 5.74) is 1.04. The van der Waals surface area contributed by atoms with Gasteiger partial charge >= 0.3 is 0 Å². The fourth-order valence-corrected chi connectivity index (χ4v) is 1.67. The van der Waals surface area contributed by atoms with Gasteiger partial charge in [0.2, 0.25) is 0 Å². The lowest BCUT2D eigenvalue weighted by molar-refractivity contribution is 0.271. The third kappa shape index (κ3) is 1.59. The second-order valence-corrected chi connectivity index (χ2v) is 3.71. The van der Waals surface area contributed by atoms with E-state index in [0.29, 0.717) is 6.54 Å². The predicted octanol–water partition coefficient (Wildman–Crippen LogP) is 1.79. The van der Waals surface area contributed by atoms with Crippen molar-refractivity contribution in [1.82, 2.24) is 9.78 Å². The van der Waals surface area contributed by atoms with Crippen molar-refractivity contribution in [1.29, 1.82) is 0 Å². The van der Waals surface area contributed by atoms with Gasteiger partial charge in [0.05, 0.1) is 24.9 Å². The second kappa shape index (κ2) is 3.47. The van der Waals surface area contributed by atoms with Crippen molar-refractivity contribution in [3.8, 4) is 0 Å². The molecule has 0 saturated heterocycles. The molecule has 2 aromatic rings. The molecule has 0 unspecified atom stereocenters. The van der Waals surface area contributed by atoms with Gasteiger partial charge in [-0.3, -0.25) is 4.68 Å². The Labute approximate surface area is 84.1 Å². The van der Waals surface area contributed by atoms with Gasteiger partial charge in [-0.1, -0.05) is 22.0 Å². The van der Waals surface area contributed by atoms with Gasteiger partial charge in [0, 0.05) is 9.86 Å². The highest BCUT2D eigenvalue weighted by Crippen LogP contribution is 2.19. The molecule has 0 saturated carbocycles. The molecule has 1 N–H and O–H groups in total. The number of fused-ring (bicyclic) bond motifs is 1. The number of benzene rings is 1. The molecule has 0 spiro atoms. The number of rotatable bonds is 2. The smallest absolute Gasteiger partial charge is 0.0694 e. The Morgan fingerprint density at radius 1 is 1.46 bits per heavy atom. The Balaban J connectivity index is 2.58. The van der Waals surface area contributed by atoms with Crippen molar-refractivity contribution in [2.45, 2.75) is 6.54 Å². The number of nitrogens with zero attached hydrogens (tertiary/aromatic N) is 2. The third-order valence-corrected chi connectivity index (χ3v) is 2.41. The second-order valence-electron chi connectivity index (χ2n) is 2.79. The number of hydrogen-bond donors (Lipinski definition) is 1. The van der Waals surface area contributed by atoms with Crippen LogP contribution in [0.4, 0.5) is 0 Å². The Kier molecular flexibility index (Phi) is 2.33. The molecule has 1 aromatic heterocycles. The monoisotopic (exact) mass is 240 g/mol. The molecule has 2 rings (SSSR count). The van der Waals surface area contributed by atoms with Crippen LogP contribution in [-0.2, 0) is 6.54 Å². The SMILES string of the molecule is OCCn1ncc2ccc(Br)cc21. The molecular weight excluding hydrogens is 232 g/mol. The molecule has 68 valence electrons. The minimum Gasteiger partial charge on any atom is -0.394 e. The average molecular weight is 241 g/mol. The molecule has 13 heavy (non-hydrogen) atoms. The summed E-state index contributed by atoms with van der Waals surface area (Å²) in [6, 6.07) is 5.98. The highest BCUT2D eigenvalue weighted by Gasteiger charge is 2.01. The standard InChI is InChI=1S/C9H9BrN2O/c10-8-2-1-7-6-11-12(3-4-13)9(7)5-8/h1-2,5-6,13H,3-4H2. The maximum atomic E-state index is 8.79. The van der Waals surface area contributed by atoms with Crippen molar-refractivity contribution in [2.24, 2.45) is 0 Å². The predicted molar refractivity (Wildman–Crippen MR) is 54.5 cm³/mol. The van der Waals surface area contributed by atoms with Crippen LogP contribution in [0.5, 0.6) is 0 Å². The Bertz CT molecular complexity index is 424. The molecule has 3 nitrogen and oxygen atoms in total. The van der Waals surface area contributed by atoms with E-state index in [1.165, 1.54) is 0 Å². The van der Waals surface area contributed by atoms with E-state index in [1.807, 2.05) is 18.2 Å². The van der Waals surface area contributed by atoms with Crippen LogP contribution in [0.1, 0.15) is 0 Å². The first-order valence-electron chi connectivity index (χ1n) is 4.03. The summed E-state index contributed by atoms with van der Waals surface area (Å²) in [4.78, 5) is 0. The fraction of sp³-hybridized carbons (Fsp3) is 0.222. The summed E-state index contributed by atoms with van der Waals surface area (Å²) in [7, 11) is 0. The Morgan fingerprint density at radius 2 is 2.31 bits per heavy atom. The van der Waals surface area contributed by atoms with Crippen LogP contribution in [0, 0.1) is 0 Å². The van der Waals surface area contributed by atoms with Gasteiger partial charge in [0.1, 0.15) is 0 Å². The summed E-state index contributed by atoms with van der Waals surface area (Å²) in [5.74, 6) is 0. The largest absolute Gasteiger partial charge is 0.394 e. The highest BCUT2D eigenvalue weighted by atomic mass is 79.9. The molecule has 4 heteroatoms. The molecule has 0 aliphatic heterocycles. The van der Waals surface area contributed by atoms with E-state index in [1.54, 1.807) is 10.9 Å². The van der Waals surface area contributed by atoms with Crippen LogP contribution >= 0.6 is 15.9 Å². The molecule has 1 heterocycles. The van der Waals surface area contributed by atoms with E-state index in [2.05, 4.69) is 21.0 Å². The molecular formula is C9H9BrN2O. The molecule has 0 radical (unpaired) electrons. The molecule has 0 amide bonds. The number of aromatic nitrogens is 2. The first-order chi connectivity index (χ1) is 6.31. The first-order valence-corrected chi connectivity index (χ1v) is 4.82. The molecule has 0 atom stereocenters. The summed E-state index contributed by atoms with van der Waals surface area (Å²) in [6.07, 6.45) is 1.80. The summed E-state index contributed by atoms with van der Waals surface area (Å²) >= 11 is 3.40. The van der Waals surface area contributed by atoms with Crippen LogP contribution in [0.25, 0.3) is 10.9 Å². The Hall–Kier alpha value is -0.870. The zero-order valence-electron chi connectivity index (χ0n) is 6.94. The highest BCUT2D eigenvalue weighted by molar-refractivity contribution is 9.10. The topological polar surface area (TPSA) is 38.0 Å². The van der Waals surface area contributed by atoms with E-state index in [0.717, 1.165) is 15.4 Å². The van der Waals surface area contributed by atoms with Crippen molar-refractivity contribution in [2.75, 3.05) is 6.61 Å². The van der Waals surface area contributed by atoms with Gasteiger partial charge in [0.15, 0.2) is 0 Å². The average Bonchev–Trinajstić information content (AvgIpc) is 2.49. The lowest BCUT2D eigenvalue weighted by Gasteiger charge is -1.99. The first kappa shape index (κ1) is 8.72. The molecule has 0 bridgehead atoms. The molecule has 0 aliphatic carbocycles. The minimum atomic E-state index is 0.114. The van der Waals surface area contributed by atoms with E-state index in [-0.39, 0.29) is 6.61 Å². The minimum absolute atomic E-state index is 0.114. The van der Waals surface area contributed by atoms with Gasteiger partial charge in [0.25, 0.3) is 0 Å². The Morgan fingerprint density at radius 3 is 3.08 bits per heavy atom.